The number of nitrogens with zero attached hydrogens (tertiary/aromatic N) is 2. The van der Waals surface area contributed by atoms with Crippen LogP contribution < -0.4 is 15.4 Å². The van der Waals surface area contributed by atoms with Crippen molar-refractivity contribution in [1.82, 2.24) is 20.5 Å². The number of amides is 2. The van der Waals surface area contributed by atoms with Gasteiger partial charge in [-0.1, -0.05) is 12.1 Å². The Morgan fingerprint density at radius 2 is 2.10 bits per heavy atom. The lowest BCUT2D eigenvalue weighted by atomic mass is 10.1. The number of hydrogen-bond donors (Lipinski definition) is 2. The molecule has 1 aliphatic heterocycles. The third-order valence-electron chi connectivity index (χ3n) is 5.21. The van der Waals surface area contributed by atoms with Gasteiger partial charge in [0.05, 0.1) is 19.8 Å². The molecule has 2 aromatic rings. The Morgan fingerprint density at radius 1 is 1.26 bits per heavy atom. The second-order valence-corrected chi connectivity index (χ2v) is 7.64. The van der Waals surface area contributed by atoms with Gasteiger partial charge < -0.3 is 25.0 Å². The molecule has 0 aliphatic carbocycles. The van der Waals surface area contributed by atoms with E-state index < -0.39 is 0 Å². The molecule has 2 heterocycles. The van der Waals surface area contributed by atoms with E-state index in [0.717, 1.165) is 30.8 Å². The lowest BCUT2D eigenvalue weighted by Gasteiger charge is -2.30. The maximum atomic E-state index is 12.8. The Hall–Kier alpha value is -2.97. The highest BCUT2D eigenvalue weighted by Crippen LogP contribution is 2.17. The molecule has 8 heteroatoms. The van der Waals surface area contributed by atoms with E-state index in [2.05, 4.69) is 27.6 Å². The van der Waals surface area contributed by atoms with Crippen molar-refractivity contribution in [2.75, 3.05) is 47.4 Å². The predicted octanol–water partition coefficient (Wildman–Crippen LogP) is 1.49. The van der Waals surface area contributed by atoms with Crippen molar-refractivity contribution in [2.24, 2.45) is 0 Å². The van der Waals surface area contributed by atoms with E-state index >= 15 is 0 Å². The van der Waals surface area contributed by atoms with E-state index in [1.807, 2.05) is 24.3 Å². The van der Waals surface area contributed by atoms with E-state index in [1.54, 1.807) is 20.2 Å². The monoisotopic (exact) mass is 426 g/mol. The lowest BCUT2D eigenvalue weighted by Crippen LogP contribution is -2.41. The second-order valence-electron chi connectivity index (χ2n) is 7.64. The van der Waals surface area contributed by atoms with Crippen LogP contribution in [-0.4, -0.2) is 75.2 Å². The van der Waals surface area contributed by atoms with Gasteiger partial charge in [-0.2, -0.15) is 0 Å². The van der Waals surface area contributed by atoms with Crippen LogP contribution in [0.25, 0.3) is 0 Å². The van der Waals surface area contributed by atoms with Gasteiger partial charge in [0.15, 0.2) is 0 Å². The van der Waals surface area contributed by atoms with E-state index in [0.29, 0.717) is 30.8 Å². The molecule has 0 bridgehead atoms. The van der Waals surface area contributed by atoms with E-state index in [-0.39, 0.29) is 23.6 Å². The zero-order valence-electron chi connectivity index (χ0n) is 18.3. The van der Waals surface area contributed by atoms with Crippen molar-refractivity contribution in [2.45, 2.75) is 18.9 Å². The molecule has 166 valence electrons. The number of rotatable bonds is 8. The fourth-order valence-electron chi connectivity index (χ4n) is 3.54. The normalized spacial score (nSPS) is 16.5. The van der Waals surface area contributed by atoms with Crippen LogP contribution in [0.1, 0.15) is 38.5 Å². The van der Waals surface area contributed by atoms with Crippen molar-refractivity contribution >= 4 is 11.8 Å². The molecule has 1 unspecified atom stereocenters. The van der Waals surface area contributed by atoms with Gasteiger partial charge in [0, 0.05) is 44.4 Å². The van der Waals surface area contributed by atoms with Gasteiger partial charge in [-0.15, -0.1) is 0 Å². The number of ether oxygens (including phenoxy) is 2. The molecule has 0 spiro atoms. The van der Waals surface area contributed by atoms with Crippen molar-refractivity contribution in [3.63, 3.8) is 0 Å². The second kappa shape index (κ2) is 10.9. The van der Waals surface area contributed by atoms with Crippen LogP contribution >= 0.6 is 0 Å². The predicted molar refractivity (Wildman–Crippen MR) is 118 cm³/mol. The molecular weight excluding hydrogens is 396 g/mol. The SMILES string of the molecule is CNC(=O)c1cc(C(=O)NCCC2CN(C)CCO2)cc(Cc2cccc(OC)c2)n1. The fraction of sp³-hybridized carbons (Fsp3) is 0.435. The molecule has 0 radical (unpaired) electrons. The van der Waals surface area contributed by atoms with Crippen LogP contribution in [0.5, 0.6) is 5.75 Å². The molecular formula is C23H30N4O4. The molecule has 31 heavy (non-hydrogen) atoms. The van der Waals surface area contributed by atoms with E-state index in [4.69, 9.17) is 9.47 Å². The van der Waals surface area contributed by atoms with E-state index in [1.165, 1.54) is 6.07 Å². The maximum Gasteiger partial charge on any atom is 0.269 e. The first-order valence-corrected chi connectivity index (χ1v) is 10.4. The number of benzene rings is 1. The number of pyridine rings is 1. The van der Waals surface area contributed by atoms with Crippen LogP contribution in [-0.2, 0) is 11.2 Å². The smallest absolute Gasteiger partial charge is 0.269 e. The summed E-state index contributed by atoms with van der Waals surface area (Å²) in [5.41, 5.74) is 2.24. The highest BCUT2D eigenvalue weighted by atomic mass is 16.5. The standard InChI is InChI=1S/C23H30N4O4/c1-24-23(29)21-14-17(22(28)25-8-7-20-15-27(2)9-10-31-20)13-18(26-21)11-16-5-4-6-19(12-16)30-3/h4-6,12-14,20H,7-11,15H2,1-3H3,(H,24,29)(H,25,28). The van der Waals surface area contributed by atoms with Crippen molar-refractivity contribution in [3.8, 4) is 5.75 Å². The first kappa shape index (κ1) is 22.7. The molecule has 1 fully saturated rings. The third kappa shape index (κ3) is 6.50. The minimum Gasteiger partial charge on any atom is -0.497 e. The number of hydrogen-bond acceptors (Lipinski definition) is 6. The molecule has 2 N–H and O–H groups in total. The van der Waals surface area contributed by atoms with Gasteiger partial charge in [0.2, 0.25) is 0 Å². The summed E-state index contributed by atoms with van der Waals surface area (Å²) in [6.45, 7) is 3.00. The van der Waals surface area contributed by atoms with Gasteiger partial charge in [-0.25, -0.2) is 4.98 Å². The highest BCUT2D eigenvalue weighted by Gasteiger charge is 2.18. The van der Waals surface area contributed by atoms with Crippen molar-refractivity contribution in [1.29, 1.82) is 0 Å². The minimum atomic E-state index is -0.333. The molecule has 1 saturated heterocycles. The zero-order chi connectivity index (χ0) is 22.2. The molecule has 8 nitrogen and oxygen atoms in total. The van der Waals surface area contributed by atoms with Crippen LogP contribution in [0.15, 0.2) is 36.4 Å². The summed E-state index contributed by atoms with van der Waals surface area (Å²) in [6.07, 6.45) is 1.33. The number of nitrogens with one attached hydrogen (secondary N) is 2. The molecule has 1 aromatic carbocycles. The van der Waals surface area contributed by atoms with Crippen LogP contribution in [0.2, 0.25) is 0 Å². The first-order chi connectivity index (χ1) is 15.0. The van der Waals surface area contributed by atoms with Gasteiger partial charge in [0.1, 0.15) is 11.4 Å². The summed E-state index contributed by atoms with van der Waals surface area (Å²) < 4.78 is 11.0. The molecule has 1 atom stereocenters. The molecule has 1 aliphatic rings. The summed E-state index contributed by atoms with van der Waals surface area (Å²) in [4.78, 5) is 31.6. The third-order valence-corrected chi connectivity index (χ3v) is 5.21. The average molecular weight is 427 g/mol. The Morgan fingerprint density at radius 3 is 2.84 bits per heavy atom. The lowest BCUT2D eigenvalue weighted by molar-refractivity contribution is -0.0226. The first-order valence-electron chi connectivity index (χ1n) is 10.4. The number of methoxy groups -OCH3 is 1. The Kier molecular flexibility index (Phi) is 7.97. The van der Waals surface area contributed by atoms with Crippen molar-refractivity contribution in [3.05, 3.63) is 58.9 Å². The Labute approximate surface area is 182 Å². The molecule has 0 saturated carbocycles. The highest BCUT2D eigenvalue weighted by molar-refractivity contribution is 5.98. The topological polar surface area (TPSA) is 92.8 Å². The summed E-state index contributed by atoms with van der Waals surface area (Å²) in [6, 6.07) is 10.9. The Balaban J connectivity index is 1.71. The average Bonchev–Trinajstić information content (AvgIpc) is 2.78. The van der Waals surface area contributed by atoms with Gasteiger partial charge in [-0.3, -0.25) is 9.59 Å². The zero-order valence-corrected chi connectivity index (χ0v) is 18.3. The summed E-state index contributed by atoms with van der Waals surface area (Å²) in [7, 11) is 5.22. The van der Waals surface area contributed by atoms with Crippen LogP contribution in [0, 0.1) is 0 Å². The summed E-state index contributed by atoms with van der Waals surface area (Å²) in [5.74, 6) is 0.178. The number of likely N-dealkylation sites (N-methyl/N-ethyl adjacent to an activating group) is 1. The van der Waals surface area contributed by atoms with Crippen LogP contribution in [0.4, 0.5) is 0 Å². The van der Waals surface area contributed by atoms with Gasteiger partial charge in [-0.05, 0) is 43.3 Å². The maximum absolute atomic E-state index is 12.8. The molecule has 3 rings (SSSR count). The number of carbonyl (C=O) groups excluding carboxylic acids is 2. The van der Waals surface area contributed by atoms with Crippen LogP contribution in [0.3, 0.4) is 0 Å². The number of morpholine rings is 1. The van der Waals surface area contributed by atoms with Crippen molar-refractivity contribution < 1.29 is 19.1 Å². The quantitative estimate of drug-likeness (QED) is 0.665. The summed E-state index contributed by atoms with van der Waals surface area (Å²) >= 11 is 0. The van der Waals surface area contributed by atoms with Gasteiger partial charge in [0.25, 0.3) is 11.8 Å². The largest absolute Gasteiger partial charge is 0.497 e. The summed E-state index contributed by atoms with van der Waals surface area (Å²) in [5, 5.41) is 5.51. The molecule has 2 amide bonds. The minimum absolute atomic E-state index is 0.113. The number of aromatic nitrogens is 1. The molecule has 1 aromatic heterocycles. The Bertz CT molecular complexity index is 918. The van der Waals surface area contributed by atoms with Gasteiger partial charge >= 0.3 is 0 Å². The van der Waals surface area contributed by atoms with E-state index in [9.17, 15) is 9.59 Å². The fourth-order valence-corrected chi connectivity index (χ4v) is 3.54. The number of carbonyl (C=O) groups is 2.